The van der Waals surface area contributed by atoms with Gasteiger partial charge in [0.25, 0.3) is 5.69 Å². The maximum Gasteiger partial charge on any atom is 0.295 e. The third-order valence-electron chi connectivity index (χ3n) is 2.80. The van der Waals surface area contributed by atoms with Crippen molar-refractivity contribution in [1.82, 2.24) is 9.78 Å². The molecule has 0 amide bonds. The van der Waals surface area contributed by atoms with Gasteiger partial charge in [-0.25, -0.2) is 0 Å². The van der Waals surface area contributed by atoms with Crippen molar-refractivity contribution in [3.05, 3.63) is 51.8 Å². The zero-order valence-electron chi connectivity index (χ0n) is 10.3. The zero-order chi connectivity index (χ0) is 13.1. The van der Waals surface area contributed by atoms with Gasteiger partial charge in [-0.05, 0) is 19.1 Å². The van der Waals surface area contributed by atoms with E-state index in [9.17, 15) is 10.1 Å². The van der Waals surface area contributed by atoms with Gasteiger partial charge in [0.15, 0.2) is 0 Å². The van der Waals surface area contributed by atoms with Gasteiger partial charge in [0.1, 0.15) is 5.69 Å². The Balaban J connectivity index is 2.22. The summed E-state index contributed by atoms with van der Waals surface area (Å²) in [5.41, 5.74) is 2.27. The maximum atomic E-state index is 11.0. The van der Waals surface area contributed by atoms with Crippen LogP contribution >= 0.6 is 0 Å². The van der Waals surface area contributed by atoms with E-state index in [0.29, 0.717) is 17.8 Å². The third-order valence-corrected chi connectivity index (χ3v) is 2.80. The number of nitrogens with one attached hydrogen (secondary N) is 1. The lowest BCUT2D eigenvalue weighted by Crippen LogP contribution is -2.07. The SMILES string of the molecule is Cc1cccc(NCc2ccnn2C)c1[N+](=O)[O-]. The van der Waals surface area contributed by atoms with Gasteiger partial charge in [-0.2, -0.15) is 5.10 Å². The quantitative estimate of drug-likeness (QED) is 0.663. The van der Waals surface area contributed by atoms with E-state index in [1.165, 1.54) is 0 Å². The van der Waals surface area contributed by atoms with Gasteiger partial charge < -0.3 is 5.32 Å². The van der Waals surface area contributed by atoms with Crippen LogP contribution in [-0.4, -0.2) is 14.7 Å². The number of rotatable bonds is 4. The topological polar surface area (TPSA) is 73.0 Å². The van der Waals surface area contributed by atoms with Gasteiger partial charge >= 0.3 is 0 Å². The van der Waals surface area contributed by atoms with Crippen molar-refractivity contribution < 1.29 is 4.92 Å². The molecular weight excluding hydrogens is 232 g/mol. The molecule has 0 spiro atoms. The highest BCUT2D eigenvalue weighted by Crippen LogP contribution is 2.28. The Bertz CT molecular complexity index is 577. The molecule has 0 saturated carbocycles. The van der Waals surface area contributed by atoms with Gasteiger partial charge in [0, 0.05) is 18.8 Å². The average molecular weight is 246 g/mol. The largest absolute Gasteiger partial charge is 0.374 e. The molecule has 0 saturated heterocycles. The van der Waals surface area contributed by atoms with E-state index in [-0.39, 0.29) is 10.6 Å². The van der Waals surface area contributed by atoms with E-state index in [1.54, 1.807) is 36.0 Å². The number of hydrogen-bond donors (Lipinski definition) is 1. The Morgan fingerprint density at radius 2 is 2.22 bits per heavy atom. The first-order valence-electron chi connectivity index (χ1n) is 5.54. The van der Waals surface area contributed by atoms with E-state index in [2.05, 4.69) is 10.4 Å². The number of benzene rings is 1. The van der Waals surface area contributed by atoms with Crippen LogP contribution in [0.15, 0.2) is 30.5 Å². The smallest absolute Gasteiger partial charge is 0.295 e. The summed E-state index contributed by atoms with van der Waals surface area (Å²) < 4.78 is 1.73. The summed E-state index contributed by atoms with van der Waals surface area (Å²) in [7, 11) is 1.83. The molecule has 94 valence electrons. The molecule has 6 heteroatoms. The van der Waals surface area contributed by atoms with Crippen molar-refractivity contribution in [2.75, 3.05) is 5.32 Å². The highest BCUT2D eigenvalue weighted by atomic mass is 16.6. The average Bonchev–Trinajstić information content (AvgIpc) is 2.71. The molecule has 2 rings (SSSR count). The summed E-state index contributed by atoms with van der Waals surface area (Å²) in [4.78, 5) is 10.7. The molecule has 1 heterocycles. The van der Waals surface area contributed by atoms with Crippen molar-refractivity contribution in [2.24, 2.45) is 7.05 Å². The number of para-hydroxylation sites is 1. The normalized spacial score (nSPS) is 10.3. The standard InChI is InChI=1S/C12H14N4O2/c1-9-4-3-5-11(12(9)16(17)18)13-8-10-6-7-14-15(10)2/h3-7,13H,8H2,1-2H3. The summed E-state index contributed by atoms with van der Waals surface area (Å²) in [6.45, 7) is 2.23. The Labute approximate surface area is 104 Å². The predicted octanol–water partition coefficient (Wildman–Crippen LogP) is 2.25. The predicted molar refractivity (Wildman–Crippen MR) is 68.4 cm³/mol. The van der Waals surface area contributed by atoms with Crippen LogP contribution in [0.4, 0.5) is 11.4 Å². The van der Waals surface area contributed by atoms with Crippen LogP contribution in [0.1, 0.15) is 11.3 Å². The number of hydrogen-bond acceptors (Lipinski definition) is 4. The van der Waals surface area contributed by atoms with Gasteiger partial charge in [0.05, 0.1) is 17.2 Å². The molecule has 6 nitrogen and oxygen atoms in total. The Kier molecular flexibility index (Phi) is 3.27. The van der Waals surface area contributed by atoms with Crippen LogP contribution in [0.3, 0.4) is 0 Å². The number of anilines is 1. The molecule has 1 aromatic carbocycles. The number of aryl methyl sites for hydroxylation is 2. The third kappa shape index (κ3) is 2.32. The molecule has 18 heavy (non-hydrogen) atoms. The van der Waals surface area contributed by atoms with Gasteiger partial charge in [0.2, 0.25) is 0 Å². The second-order valence-electron chi connectivity index (χ2n) is 4.03. The van der Waals surface area contributed by atoms with Crippen LogP contribution in [0.2, 0.25) is 0 Å². The molecule has 0 bridgehead atoms. The molecule has 0 aliphatic rings. The zero-order valence-corrected chi connectivity index (χ0v) is 10.3. The van der Waals surface area contributed by atoms with E-state index in [4.69, 9.17) is 0 Å². The van der Waals surface area contributed by atoms with Crippen molar-refractivity contribution >= 4 is 11.4 Å². The van der Waals surface area contributed by atoms with Gasteiger partial charge in [-0.3, -0.25) is 14.8 Å². The van der Waals surface area contributed by atoms with Crippen molar-refractivity contribution in [1.29, 1.82) is 0 Å². The monoisotopic (exact) mass is 246 g/mol. The Morgan fingerprint density at radius 1 is 1.44 bits per heavy atom. The summed E-state index contributed by atoms with van der Waals surface area (Å²) in [6.07, 6.45) is 1.70. The molecular formula is C12H14N4O2. The minimum Gasteiger partial charge on any atom is -0.374 e. The summed E-state index contributed by atoms with van der Waals surface area (Å²) in [6, 6.07) is 7.11. The van der Waals surface area contributed by atoms with E-state index in [1.807, 2.05) is 13.1 Å². The van der Waals surface area contributed by atoms with Crippen LogP contribution in [0.5, 0.6) is 0 Å². The van der Waals surface area contributed by atoms with E-state index in [0.717, 1.165) is 5.69 Å². The number of aromatic nitrogens is 2. The number of nitrogens with zero attached hydrogens (tertiary/aromatic N) is 3. The molecule has 2 aromatic rings. The summed E-state index contributed by atoms with van der Waals surface area (Å²) in [5, 5.41) is 18.1. The fourth-order valence-electron chi connectivity index (χ4n) is 1.80. The lowest BCUT2D eigenvalue weighted by molar-refractivity contribution is -0.384. The first-order chi connectivity index (χ1) is 8.59. The van der Waals surface area contributed by atoms with E-state index < -0.39 is 0 Å². The second kappa shape index (κ2) is 4.87. The molecule has 0 radical (unpaired) electrons. The van der Waals surface area contributed by atoms with Crippen LogP contribution in [-0.2, 0) is 13.6 Å². The molecule has 0 atom stereocenters. The molecule has 1 N–H and O–H groups in total. The van der Waals surface area contributed by atoms with Crippen molar-refractivity contribution in [2.45, 2.75) is 13.5 Å². The van der Waals surface area contributed by atoms with Crippen molar-refractivity contribution in [3.8, 4) is 0 Å². The Hall–Kier alpha value is -2.37. The minimum absolute atomic E-state index is 0.125. The first-order valence-corrected chi connectivity index (χ1v) is 5.54. The number of nitro groups is 1. The molecule has 0 aliphatic heterocycles. The second-order valence-corrected chi connectivity index (χ2v) is 4.03. The van der Waals surface area contributed by atoms with Crippen molar-refractivity contribution in [3.63, 3.8) is 0 Å². The maximum absolute atomic E-state index is 11.0. The summed E-state index contributed by atoms with van der Waals surface area (Å²) in [5.74, 6) is 0. The lowest BCUT2D eigenvalue weighted by Gasteiger charge is -2.08. The van der Waals surface area contributed by atoms with Crippen LogP contribution in [0.25, 0.3) is 0 Å². The molecule has 0 fully saturated rings. The fourth-order valence-corrected chi connectivity index (χ4v) is 1.80. The first kappa shape index (κ1) is 12.1. The lowest BCUT2D eigenvalue weighted by atomic mass is 10.1. The summed E-state index contributed by atoms with van der Waals surface area (Å²) >= 11 is 0. The molecule has 0 unspecified atom stereocenters. The fraction of sp³-hybridized carbons (Fsp3) is 0.250. The van der Waals surface area contributed by atoms with Crippen LogP contribution < -0.4 is 5.32 Å². The number of nitro benzene ring substituents is 1. The van der Waals surface area contributed by atoms with Crippen LogP contribution in [0, 0.1) is 17.0 Å². The van der Waals surface area contributed by atoms with Gasteiger partial charge in [-0.1, -0.05) is 12.1 Å². The molecule has 0 aliphatic carbocycles. The molecule has 1 aromatic heterocycles. The van der Waals surface area contributed by atoms with E-state index >= 15 is 0 Å². The highest BCUT2D eigenvalue weighted by molar-refractivity contribution is 5.64. The Morgan fingerprint density at radius 3 is 2.83 bits per heavy atom. The minimum atomic E-state index is -0.360. The highest BCUT2D eigenvalue weighted by Gasteiger charge is 2.16. The van der Waals surface area contributed by atoms with Gasteiger partial charge in [-0.15, -0.1) is 0 Å².